The predicted molar refractivity (Wildman–Crippen MR) is 89.3 cm³/mol. The third-order valence-corrected chi connectivity index (χ3v) is 4.26. The standard InChI is InChI=1S/C17H35N3/c1-7-18-17(20(14(3)4)15(5)6)19(8-2)16-12-10-9-11-13-16/h14-16H,7-13H2,1-6H3. The van der Waals surface area contributed by atoms with Crippen LogP contribution in [-0.4, -0.2) is 47.0 Å². The summed E-state index contributed by atoms with van der Waals surface area (Å²) in [6.45, 7) is 15.5. The smallest absolute Gasteiger partial charge is 0.197 e. The van der Waals surface area contributed by atoms with Gasteiger partial charge < -0.3 is 9.80 Å². The van der Waals surface area contributed by atoms with Gasteiger partial charge in [0.2, 0.25) is 0 Å². The van der Waals surface area contributed by atoms with Gasteiger partial charge in [0.15, 0.2) is 5.96 Å². The monoisotopic (exact) mass is 281 g/mol. The molecule has 0 aliphatic heterocycles. The van der Waals surface area contributed by atoms with E-state index in [-0.39, 0.29) is 0 Å². The lowest BCUT2D eigenvalue weighted by molar-refractivity contribution is 0.189. The number of guanidine groups is 1. The lowest BCUT2D eigenvalue weighted by Gasteiger charge is -2.43. The molecule has 0 aromatic rings. The van der Waals surface area contributed by atoms with Gasteiger partial charge in [-0.3, -0.25) is 4.99 Å². The second-order valence-corrected chi connectivity index (χ2v) is 6.45. The number of aliphatic imine (C=N–C) groups is 1. The Balaban J connectivity index is 2.98. The van der Waals surface area contributed by atoms with Gasteiger partial charge in [-0.25, -0.2) is 0 Å². The normalized spacial score (nSPS) is 17.9. The first-order valence-corrected chi connectivity index (χ1v) is 8.62. The van der Waals surface area contributed by atoms with E-state index in [0.717, 1.165) is 13.1 Å². The largest absolute Gasteiger partial charge is 0.340 e. The van der Waals surface area contributed by atoms with Crippen molar-refractivity contribution in [1.29, 1.82) is 0 Å². The molecule has 0 heterocycles. The summed E-state index contributed by atoms with van der Waals surface area (Å²) in [4.78, 5) is 9.94. The van der Waals surface area contributed by atoms with Crippen molar-refractivity contribution in [3.05, 3.63) is 0 Å². The molecule has 0 amide bonds. The zero-order chi connectivity index (χ0) is 15.1. The van der Waals surface area contributed by atoms with Crippen molar-refractivity contribution in [3.8, 4) is 0 Å². The molecule has 0 saturated heterocycles. The Kier molecular flexibility index (Phi) is 7.39. The third kappa shape index (κ3) is 4.39. The molecule has 1 aliphatic carbocycles. The van der Waals surface area contributed by atoms with E-state index in [1.54, 1.807) is 0 Å². The summed E-state index contributed by atoms with van der Waals surface area (Å²) in [5.74, 6) is 1.23. The molecule has 0 atom stereocenters. The Hall–Kier alpha value is -0.730. The minimum Gasteiger partial charge on any atom is -0.340 e. The van der Waals surface area contributed by atoms with Gasteiger partial charge >= 0.3 is 0 Å². The van der Waals surface area contributed by atoms with E-state index in [0.29, 0.717) is 18.1 Å². The van der Waals surface area contributed by atoms with Gasteiger partial charge in [-0.15, -0.1) is 0 Å². The number of nitrogens with zero attached hydrogens (tertiary/aromatic N) is 3. The highest BCUT2D eigenvalue weighted by Gasteiger charge is 2.28. The van der Waals surface area contributed by atoms with Crippen molar-refractivity contribution in [1.82, 2.24) is 9.80 Å². The van der Waals surface area contributed by atoms with Crippen LogP contribution in [-0.2, 0) is 0 Å². The van der Waals surface area contributed by atoms with Crippen LogP contribution in [0.3, 0.4) is 0 Å². The van der Waals surface area contributed by atoms with Crippen LogP contribution < -0.4 is 0 Å². The van der Waals surface area contributed by atoms with E-state index in [9.17, 15) is 0 Å². The van der Waals surface area contributed by atoms with Gasteiger partial charge in [0.05, 0.1) is 0 Å². The summed E-state index contributed by atoms with van der Waals surface area (Å²) in [5.41, 5.74) is 0. The Morgan fingerprint density at radius 2 is 1.55 bits per heavy atom. The third-order valence-electron chi connectivity index (χ3n) is 4.26. The Morgan fingerprint density at radius 3 is 1.95 bits per heavy atom. The van der Waals surface area contributed by atoms with Crippen LogP contribution in [0.4, 0.5) is 0 Å². The molecule has 3 heteroatoms. The van der Waals surface area contributed by atoms with E-state index in [1.807, 2.05) is 0 Å². The summed E-state index contributed by atoms with van der Waals surface area (Å²) in [7, 11) is 0. The molecule has 118 valence electrons. The molecule has 0 N–H and O–H groups in total. The first-order valence-electron chi connectivity index (χ1n) is 8.62. The Bertz CT molecular complexity index is 283. The molecule has 0 aromatic heterocycles. The molecular formula is C17H35N3. The van der Waals surface area contributed by atoms with Crippen LogP contribution in [0, 0.1) is 0 Å². The Labute approximate surface area is 126 Å². The molecule has 1 fully saturated rings. The molecule has 0 radical (unpaired) electrons. The van der Waals surface area contributed by atoms with Gasteiger partial charge in [0, 0.05) is 31.2 Å². The highest BCUT2D eigenvalue weighted by molar-refractivity contribution is 5.81. The minimum atomic E-state index is 0.498. The number of hydrogen-bond donors (Lipinski definition) is 0. The van der Waals surface area contributed by atoms with Gasteiger partial charge in [0.25, 0.3) is 0 Å². The quantitative estimate of drug-likeness (QED) is 0.557. The molecule has 3 nitrogen and oxygen atoms in total. The topological polar surface area (TPSA) is 18.8 Å². The SMILES string of the molecule is CCN=C(N(CC)C1CCCCC1)N(C(C)C)C(C)C. The van der Waals surface area contributed by atoms with Crippen molar-refractivity contribution >= 4 is 5.96 Å². The van der Waals surface area contributed by atoms with E-state index >= 15 is 0 Å². The van der Waals surface area contributed by atoms with Crippen LogP contribution in [0.15, 0.2) is 4.99 Å². The zero-order valence-electron chi connectivity index (χ0n) is 14.5. The molecule has 20 heavy (non-hydrogen) atoms. The number of hydrogen-bond acceptors (Lipinski definition) is 1. The van der Waals surface area contributed by atoms with E-state index in [1.165, 1.54) is 38.1 Å². The first kappa shape index (κ1) is 17.3. The maximum Gasteiger partial charge on any atom is 0.197 e. The average molecular weight is 281 g/mol. The van der Waals surface area contributed by atoms with Crippen LogP contribution in [0.5, 0.6) is 0 Å². The Morgan fingerprint density at radius 1 is 1.00 bits per heavy atom. The van der Waals surface area contributed by atoms with Gasteiger partial charge in [-0.05, 0) is 54.4 Å². The summed E-state index contributed by atoms with van der Waals surface area (Å²) < 4.78 is 0. The molecular weight excluding hydrogens is 246 g/mol. The summed E-state index contributed by atoms with van der Waals surface area (Å²) >= 11 is 0. The van der Waals surface area contributed by atoms with Crippen molar-refractivity contribution in [3.63, 3.8) is 0 Å². The molecule has 1 aliphatic rings. The van der Waals surface area contributed by atoms with Gasteiger partial charge in [-0.2, -0.15) is 0 Å². The number of rotatable bonds is 5. The van der Waals surface area contributed by atoms with Crippen molar-refractivity contribution in [2.45, 2.75) is 91.8 Å². The lowest BCUT2D eigenvalue weighted by atomic mass is 9.94. The lowest BCUT2D eigenvalue weighted by Crippen LogP contribution is -2.54. The van der Waals surface area contributed by atoms with Crippen LogP contribution in [0.25, 0.3) is 0 Å². The second kappa shape index (κ2) is 8.53. The predicted octanol–water partition coefficient (Wildman–Crippen LogP) is 4.14. The minimum absolute atomic E-state index is 0.498. The maximum absolute atomic E-state index is 4.88. The van der Waals surface area contributed by atoms with Gasteiger partial charge in [-0.1, -0.05) is 19.3 Å². The maximum atomic E-state index is 4.88. The van der Waals surface area contributed by atoms with Crippen LogP contribution >= 0.6 is 0 Å². The highest BCUT2D eigenvalue weighted by Crippen LogP contribution is 2.24. The fraction of sp³-hybridized carbons (Fsp3) is 0.941. The molecule has 1 saturated carbocycles. The van der Waals surface area contributed by atoms with Crippen LogP contribution in [0.1, 0.15) is 73.6 Å². The average Bonchev–Trinajstić information content (AvgIpc) is 2.40. The molecule has 0 aromatic carbocycles. The van der Waals surface area contributed by atoms with E-state index in [4.69, 9.17) is 4.99 Å². The van der Waals surface area contributed by atoms with Crippen molar-refractivity contribution in [2.75, 3.05) is 13.1 Å². The van der Waals surface area contributed by atoms with E-state index < -0.39 is 0 Å². The molecule has 0 unspecified atom stereocenters. The highest BCUT2D eigenvalue weighted by atomic mass is 15.4. The molecule has 0 bridgehead atoms. The molecule has 0 spiro atoms. The first-order chi connectivity index (χ1) is 9.52. The zero-order valence-corrected chi connectivity index (χ0v) is 14.5. The fourth-order valence-corrected chi connectivity index (χ4v) is 3.48. The van der Waals surface area contributed by atoms with E-state index in [2.05, 4.69) is 51.3 Å². The van der Waals surface area contributed by atoms with Gasteiger partial charge in [0.1, 0.15) is 0 Å². The van der Waals surface area contributed by atoms with Crippen LogP contribution in [0.2, 0.25) is 0 Å². The molecule has 1 rings (SSSR count). The summed E-state index contributed by atoms with van der Waals surface area (Å²) in [5, 5.41) is 0. The summed E-state index contributed by atoms with van der Waals surface area (Å²) in [6.07, 6.45) is 6.83. The van der Waals surface area contributed by atoms with Crippen molar-refractivity contribution < 1.29 is 0 Å². The van der Waals surface area contributed by atoms with Crippen molar-refractivity contribution in [2.24, 2.45) is 4.99 Å². The summed E-state index contributed by atoms with van der Waals surface area (Å²) in [6, 6.07) is 1.69. The fourth-order valence-electron chi connectivity index (χ4n) is 3.48. The second-order valence-electron chi connectivity index (χ2n) is 6.45.